The van der Waals surface area contributed by atoms with Gasteiger partial charge in [-0.2, -0.15) is 4.98 Å². The summed E-state index contributed by atoms with van der Waals surface area (Å²) in [5.74, 6) is 0.0267. The van der Waals surface area contributed by atoms with Gasteiger partial charge in [-0.1, -0.05) is 12.1 Å². The van der Waals surface area contributed by atoms with E-state index >= 15 is 0 Å². The first-order valence-corrected chi connectivity index (χ1v) is 9.84. The fraction of sp³-hybridized carbons (Fsp3) is 0.333. The Morgan fingerprint density at radius 3 is 2.83 bits per heavy atom. The standard InChI is InChI=1S/C21H22FN5O3/c1-26-19-14(12-17(20(26)29)30-16-7-3-2-6-15(16)22)13-24-21(25-19)23-9-5-11-27-10-4-8-18(27)28/h2-3,6-7,12-13H,4-5,8-11H2,1H3,(H,23,24,25). The van der Waals surface area contributed by atoms with Gasteiger partial charge in [-0.05, 0) is 31.0 Å². The number of benzene rings is 1. The highest BCUT2D eigenvalue weighted by molar-refractivity contribution is 5.78. The van der Waals surface area contributed by atoms with Crippen molar-refractivity contribution >= 4 is 22.9 Å². The number of pyridine rings is 1. The molecule has 3 aromatic rings. The number of ether oxygens (including phenoxy) is 1. The van der Waals surface area contributed by atoms with E-state index in [1.54, 1.807) is 25.4 Å². The van der Waals surface area contributed by atoms with Crippen LogP contribution >= 0.6 is 0 Å². The number of hydrogen-bond acceptors (Lipinski definition) is 6. The Labute approximate surface area is 172 Å². The molecule has 1 aromatic carbocycles. The van der Waals surface area contributed by atoms with Crippen LogP contribution in [0, 0.1) is 5.82 Å². The van der Waals surface area contributed by atoms with Gasteiger partial charge in [-0.3, -0.25) is 14.2 Å². The lowest BCUT2D eigenvalue weighted by Crippen LogP contribution is -2.27. The lowest BCUT2D eigenvalue weighted by molar-refractivity contribution is -0.127. The third-order valence-corrected chi connectivity index (χ3v) is 5.03. The second-order valence-corrected chi connectivity index (χ2v) is 7.14. The molecule has 1 aliphatic rings. The van der Waals surface area contributed by atoms with Crippen molar-refractivity contribution in [3.05, 3.63) is 52.7 Å². The van der Waals surface area contributed by atoms with Crippen LogP contribution < -0.4 is 15.6 Å². The van der Waals surface area contributed by atoms with E-state index in [4.69, 9.17) is 4.74 Å². The molecule has 2 aromatic heterocycles. The maximum absolute atomic E-state index is 13.9. The normalized spacial score (nSPS) is 13.8. The van der Waals surface area contributed by atoms with Crippen LogP contribution in [0.3, 0.4) is 0 Å². The zero-order valence-electron chi connectivity index (χ0n) is 16.6. The van der Waals surface area contributed by atoms with Crippen molar-refractivity contribution in [1.29, 1.82) is 0 Å². The van der Waals surface area contributed by atoms with Crippen LogP contribution in [0.1, 0.15) is 19.3 Å². The fourth-order valence-corrected chi connectivity index (χ4v) is 3.43. The predicted octanol–water partition coefficient (Wildman–Crippen LogP) is 2.68. The molecule has 0 unspecified atom stereocenters. The Hall–Kier alpha value is -3.49. The number of carbonyl (C=O) groups is 1. The minimum Gasteiger partial charge on any atom is -0.448 e. The number of halogens is 1. The first kappa shape index (κ1) is 19.8. The molecule has 0 spiro atoms. The molecule has 1 fully saturated rings. The molecule has 9 heteroatoms. The number of aromatic nitrogens is 3. The first-order valence-electron chi connectivity index (χ1n) is 9.84. The SMILES string of the molecule is Cn1c(=O)c(Oc2ccccc2F)cc2cnc(NCCCN3CCCC3=O)nc21. The topological polar surface area (TPSA) is 89.4 Å². The zero-order chi connectivity index (χ0) is 21.1. The Morgan fingerprint density at radius 2 is 2.07 bits per heavy atom. The quantitative estimate of drug-likeness (QED) is 0.602. The molecule has 1 saturated heterocycles. The van der Waals surface area contributed by atoms with E-state index in [0.717, 1.165) is 19.4 Å². The first-order chi connectivity index (χ1) is 14.5. The fourth-order valence-electron chi connectivity index (χ4n) is 3.43. The summed E-state index contributed by atoms with van der Waals surface area (Å²) in [6, 6.07) is 7.41. The molecule has 1 amide bonds. The van der Waals surface area contributed by atoms with E-state index in [9.17, 15) is 14.0 Å². The molecule has 1 N–H and O–H groups in total. The van der Waals surface area contributed by atoms with Gasteiger partial charge in [0.1, 0.15) is 5.65 Å². The number of likely N-dealkylation sites (tertiary alicyclic amines) is 1. The Kier molecular flexibility index (Phi) is 5.60. The Balaban J connectivity index is 1.48. The van der Waals surface area contributed by atoms with E-state index < -0.39 is 11.4 Å². The zero-order valence-corrected chi connectivity index (χ0v) is 16.6. The molecule has 0 saturated carbocycles. The number of nitrogens with zero attached hydrogens (tertiary/aromatic N) is 4. The largest absolute Gasteiger partial charge is 0.448 e. The smallest absolute Gasteiger partial charge is 0.294 e. The van der Waals surface area contributed by atoms with Crippen molar-refractivity contribution in [2.45, 2.75) is 19.3 Å². The Morgan fingerprint density at radius 1 is 1.23 bits per heavy atom. The molecule has 0 radical (unpaired) electrons. The van der Waals surface area contributed by atoms with Crippen molar-refractivity contribution in [3.8, 4) is 11.5 Å². The summed E-state index contributed by atoms with van der Waals surface area (Å²) in [7, 11) is 1.58. The van der Waals surface area contributed by atoms with Crippen LogP contribution in [0.2, 0.25) is 0 Å². The van der Waals surface area contributed by atoms with Gasteiger partial charge >= 0.3 is 0 Å². The van der Waals surface area contributed by atoms with E-state index in [-0.39, 0.29) is 17.4 Å². The number of amides is 1. The van der Waals surface area contributed by atoms with Crippen molar-refractivity contribution in [2.24, 2.45) is 7.05 Å². The molecule has 156 valence electrons. The lowest BCUT2D eigenvalue weighted by atomic mass is 10.3. The van der Waals surface area contributed by atoms with Gasteiger partial charge in [0, 0.05) is 44.7 Å². The van der Waals surface area contributed by atoms with Gasteiger partial charge in [0.15, 0.2) is 17.3 Å². The second kappa shape index (κ2) is 8.48. The molecule has 8 nitrogen and oxygen atoms in total. The van der Waals surface area contributed by atoms with E-state index in [2.05, 4.69) is 15.3 Å². The highest BCUT2D eigenvalue weighted by Crippen LogP contribution is 2.24. The summed E-state index contributed by atoms with van der Waals surface area (Å²) in [5, 5.41) is 3.72. The molecule has 4 rings (SSSR count). The lowest BCUT2D eigenvalue weighted by Gasteiger charge is -2.15. The molecular weight excluding hydrogens is 389 g/mol. The molecule has 30 heavy (non-hydrogen) atoms. The van der Waals surface area contributed by atoms with E-state index in [1.807, 2.05) is 4.90 Å². The number of para-hydroxylation sites is 1. The molecule has 3 heterocycles. The van der Waals surface area contributed by atoms with E-state index in [0.29, 0.717) is 36.5 Å². The maximum Gasteiger partial charge on any atom is 0.294 e. The van der Waals surface area contributed by atoms with Crippen molar-refractivity contribution in [3.63, 3.8) is 0 Å². The van der Waals surface area contributed by atoms with E-state index in [1.165, 1.54) is 22.8 Å². The van der Waals surface area contributed by atoms with Crippen LogP contribution in [0.15, 0.2) is 41.3 Å². The molecule has 0 atom stereocenters. The van der Waals surface area contributed by atoms with Crippen molar-refractivity contribution in [1.82, 2.24) is 19.4 Å². The summed E-state index contributed by atoms with van der Waals surface area (Å²) < 4.78 is 20.7. The number of rotatable bonds is 7. The third-order valence-electron chi connectivity index (χ3n) is 5.03. The maximum atomic E-state index is 13.9. The predicted molar refractivity (Wildman–Crippen MR) is 110 cm³/mol. The second-order valence-electron chi connectivity index (χ2n) is 7.14. The van der Waals surface area contributed by atoms with Crippen LogP contribution in [0.25, 0.3) is 11.0 Å². The van der Waals surface area contributed by atoms with Crippen molar-refractivity contribution < 1.29 is 13.9 Å². The van der Waals surface area contributed by atoms with Crippen LogP contribution in [-0.2, 0) is 11.8 Å². The van der Waals surface area contributed by atoms with Crippen LogP contribution in [-0.4, -0.2) is 45.0 Å². The number of hydrogen-bond donors (Lipinski definition) is 1. The van der Waals surface area contributed by atoms with Gasteiger partial charge in [0.25, 0.3) is 5.56 Å². The van der Waals surface area contributed by atoms with Gasteiger partial charge in [0.2, 0.25) is 11.9 Å². The average molecular weight is 411 g/mol. The number of anilines is 1. The number of fused-ring (bicyclic) bond motifs is 1. The average Bonchev–Trinajstić information content (AvgIpc) is 3.16. The monoisotopic (exact) mass is 411 g/mol. The van der Waals surface area contributed by atoms with Gasteiger partial charge in [-0.15, -0.1) is 0 Å². The van der Waals surface area contributed by atoms with Crippen molar-refractivity contribution in [2.75, 3.05) is 25.0 Å². The third kappa shape index (κ3) is 4.10. The summed E-state index contributed by atoms with van der Waals surface area (Å²) in [6.07, 6.45) is 3.93. The summed E-state index contributed by atoms with van der Waals surface area (Å²) >= 11 is 0. The van der Waals surface area contributed by atoms with Gasteiger partial charge in [-0.25, -0.2) is 9.37 Å². The molecule has 1 aliphatic heterocycles. The number of nitrogens with one attached hydrogen (secondary N) is 1. The molecule has 0 bridgehead atoms. The molecular formula is C21H22FN5O3. The highest BCUT2D eigenvalue weighted by atomic mass is 19.1. The molecule has 0 aliphatic carbocycles. The minimum atomic E-state index is -0.550. The van der Waals surface area contributed by atoms with Crippen LogP contribution in [0.5, 0.6) is 11.5 Å². The number of aryl methyl sites for hydroxylation is 1. The minimum absolute atomic E-state index is 0.00492. The highest BCUT2D eigenvalue weighted by Gasteiger charge is 2.19. The van der Waals surface area contributed by atoms with Crippen LogP contribution in [0.4, 0.5) is 10.3 Å². The van der Waals surface area contributed by atoms with Gasteiger partial charge in [0.05, 0.1) is 0 Å². The summed E-state index contributed by atoms with van der Waals surface area (Å²) in [5.41, 5.74) is 0.0102. The summed E-state index contributed by atoms with van der Waals surface area (Å²) in [6.45, 7) is 2.14. The summed E-state index contributed by atoms with van der Waals surface area (Å²) in [4.78, 5) is 34.8. The number of carbonyl (C=O) groups excluding carboxylic acids is 1. The van der Waals surface area contributed by atoms with Gasteiger partial charge < -0.3 is 15.0 Å². The Bertz CT molecular complexity index is 1150.